The van der Waals surface area contributed by atoms with Gasteiger partial charge in [-0.25, -0.2) is 4.98 Å². The summed E-state index contributed by atoms with van der Waals surface area (Å²) in [6.45, 7) is 2.04. The van der Waals surface area contributed by atoms with E-state index < -0.39 is 0 Å². The molecule has 0 aliphatic rings. The molecule has 4 nitrogen and oxygen atoms in total. The topological polar surface area (TPSA) is 50.8 Å². The molecule has 2 heterocycles. The molecule has 1 N–H and O–H groups in total. The Kier molecular flexibility index (Phi) is 4.19. The number of nitrogens with zero attached hydrogens (tertiary/aromatic N) is 2. The van der Waals surface area contributed by atoms with Crippen LogP contribution in [0, 0.1) is 6.92 Å². The molecule has 0 bridgehead atoms. The molecule has 0 atom stereocenters. The average Bonchev–Trinajstić information content (AvgIpc) is 3.20. The van der Waals surface area contributed by atoms with Crippen LogP contribution in [0.5, 0.6) is 5.75 Å². The first kappa shape index (κ1) is 16.1. The lowest BCUT2D eigenvalue weighted by Gasteiger charge is -2.03. The molecule has 0 saturated carbocycles. The molecule has 0 spiro atoms. The van der Waals surface area contributed by atoms with Crippen molar-refractivity contribution in [1.82, 2.24) is 15.2 Å². The smallest absolute Gasteiger partial charge is 0.142 e. The van der Waals surface area contributed by atoms with Crippen molar-refractivity contribution in [2.24, 2.45) is 0 Å². The third kappa shape index (κ3) is 3.01. The molecule has 25 heavy (non-hydrogen) atoms. The minimum Gasteiger partial charge on any atom is -0.497 e. The highest BCUT2D eigenvalue weighted by Crippen LogP contribution is 2.34. The Morgan fingerprint density at radius 3 is 2.88 bits per heavy atom. The first-order chi connectivity index (χ1) is 12.2. The number of nitrogens with one attached hydrogen (secondary N) is 1. The molecular formula is C19H16ClN3OS. The summed E-state index contributed by atoms with van der Waals surface area (Å²) in [5, 5.41) is 9.99. The van der Waals surface area contributed by atoms with Crippen molar-refractivity contribution in [3.05, 3.63) is 63.6 Å². The molecule has 4 rings (SSSR count). The molecular weight excluding hydrogens is 354 g/mol. The Balaban J connectivity index is 1.71. The van der Waals surface area contributed by atoms with Gasteiger partial charge < -0.3 is 4.74 Å². The van der Waals surface area contributed by atoms with Crippen molar-refractivity contribution in [2.75, 3.05) is 7.11 Å². The molecule has 0 fully saturated rings. The van der Waals surface area contributed by atoms with Crippen LogP contribution in [-0.4, -0.2) is 22.3 Å². The fourth-order valence-corrected chi connectivity index (χ4v) is 4.16. The van der Waals surface area contributed by atoms with Gasteiger partial charge in [0.15, 0.2) is 0 Å². The number of fused-ring (bicyclic) bond motifs is 1. The molecule has 0 aliphatic heterocycles. The van der Waals surface area contributed by atoms with Gasteiger partial charge in [-0.15, -0.1) is 11.3 Å². The molecule has 2 aromatic carbocycles. The number of aromatic nitrogens is 3. The minimum absolute atomic E-state index is 0.643. The second-order valence-electron chi connectivity index (χ2n) is 5.79. The number of thiazole rings is 1. The highest BCUT2D eigenvalue weighted by molar-refractivity contribution is 7.15. The zero-order valence-electron chi connectivity index (χ0n) is 13.8. The average molecular weight is 370 g/mol. The summed E-state index contributed by atoms with van der Waals surface area (Å²) >= 11 is 7.90. The molecule has 4 aromatic rings. The number of rotatable bonds is 4. The lowest BCUT2D eigenvalue weighted by molar-refractivity contribution is 0.414. The number of para-hydroxylation sites is 1. The number of methoxy groups -OCH3 is 1. The number of ether oxygens (including phenoxy) is 1. The Bertz CT molecular complexity index is 1050. The Morgan fingerprint density at radius 2 is 2.04 bits per heavy atom. The van der Waals surface area contributed by atoms with Crippen molar-refractivity contribution >= 4 is 33.8 Å². The fraction of sp³-hybridized carbons (Fsp3) is 0.158. The highest BCUT2D eigenvalue weighted by Gasteiger charge is 2.16. The van der Waals surface area contributed by atoms with E-state index in [0.717, 1.165) is 39.5 Å². The van der Waals surface area contributed by atoms with E-state index in [-0.39, 0.29) is 0 Å². The summed E-state index contributed by atoms with van der Waals surface area (Å²) in [7, 11) is 1.68. The van der Waals surface area contributed by atoms with Gasteiger partial charge in [-0.3, -0.25) is 5.10 Å². The number of hydrogen-bond acceptors (Lipinski definition) is 4. The lowest BCUT2D eigenvalue weighted by Crippen LogP contribution is -1.89. The predicted molar refractivity (Wildman–Crippen MR) is 103 cm³/mol. The van der Waals surface area contributed by atoms with Crippen LogP contribution in [-0.2, 0) is 6.42 Å². The second-order valence-corrected chi connectivity index (χ2v) is 7.28. The van der Waals surface area contributed by atoms with Gasteiger partial charge >= 0.3 is 0 Å². The lowest BCUT2D eigenvalue weighted by atomic mass is 10.1. The van der Waals surface area contributed by atoms with Gasteiger partial charge in [0.05, 0.1) is 17.8 Å². The standard InChI is InChI=1S/C19H16ClN3OS/c1-11-16(10-12-5-3-6-13(9-12)24-2)25-19(21-11)18-14-7-4-8-15(20)17(14)22-23-18/h3-9H,10H2,1-2H3,(H,22,23). The van der Waals surface area contributed by atoms with E-state index in [1.165, 1.54) is 10.4 Å². The summed E-state index contributed by atoms with van der Waals surface area (Å²) in [6, 6.07) is 13.9. The number of benzene rings is 2. The number of aryl methyl sites for hydroxylation is 1. The summed E-state index contributed by atoms with van der Waals surface area (Å²) in [5.41, 5.74) is 3.94. The molecule has 6 heteroatoms. The van der Waals surface area contributed by atoms with Gasteiger partial charge in [-0.1, -0.05) is 35.9 Å². The molecule has 2 aromatic heterocycles. The van der Waals surface area contributed by atoms with E-state index in [0.29, 0.717) is 5.02 Å². The number of halogens is 1. The molecule has 0 saturated heterocycles. The van der Waals surface area contributed by atoms with Crippen molar-refractivity contribution in [3.63, 3.8) is 0 Å². The molecule has 0 unspecified atom stereocenters. The third-order valence-corrected chi connectivity index (χ3v) is 5.62. The quantitative estimate of drug-likeness (QED) is 0.534. The van der Waals surface area contributed by atoms with Gasteiger partial charge in [0.25, 0.3) is 0 Å². The summed E-state index contributed by atoms with van der Waals surface area (Å²) < 4.78 is 5.31. The summed E-state index contributed by atoms with van der Waals surface area (Å²) in [6.07, 6.45) is 0.827. The maximum absolute atomic E-state index is 6.22. The van der Waals surface area contributed by atoms with Crippen LogP contribution < -0.4 is 4.74 Å². The Labute approximate surface area is 154 Å². The normalized spacial score (nSPS) is 11.2. The first-order valence-electron chi connectivity index (χ1n) is 7.88. The second kappa shape index (κ2) is 6.50. The highest BCUT2D eigenvalue weighted by atomic mass is 35.5. The monoisotopic (exact) mass is 369 g/mol. The molecule has 0 radical (unpaired) electrons. The van der Waals surface area contributed by atoms with E-state index in [4.69, 9.17) is 21.3 Å². The predicted octanol–water partition coefficient (Wildman–Crippen LogP) is 5.25. The van der Waals surface area contributed by atoms with Crippen LogP contribution in [0.1, 0.15) is 16.1 Å². The third-order valence-electron chi connectivity index (χ3n) is 4.14. The zero-order valence-corrected chi connectivity index (χ0v) is 15.4. The summed E-state index contributed by atoms with van der Waals surface area (Å²) in [5.74, 6) is 0.870. The Morgan fingerprint density at radius 1 is 1.20 bits per heavy atom. The molecule has 0 aliphatic carbocycles. The Hall–Kier alpha value is -2.37. The zero-order chi connectivity index (χ0) is 17.4. The van der Waals surface area contributed by atoms with Crippen LogP contribution in [0.15, 0.2) is 42.5 Å². The maximum atomic E-state index is 6.22. The fourth-order valence-electron chi connectivity index (χ4n) is 2.83. The van der Waals surface area contributed by atoms with Crippen LogP contribution >= 0.6 is 22.9 Å². The van der Waals surface area contributed by atoms with Gasteiger partial charge in [-0.2, -0.15) is 5.10 Å². The van der Waals surface area contributed by atoms with E-state index in [1.807, 2.05) is 37.3 Å². The first-order valence-corrected chi connectivity index (χ1v) is 9.07. The van der Waals surface area contributed by atoms with E-state index in [1.54, 1.807) is 18.4 Å². The van der Waals surface area contributed by atoms with Gasteiger partial charge in [0.1, 0.15) is 22.0 Å². The number of hydrogen-bond donors (Lipinski definition) is 1. The number of H-pyrrole nitrogens is 1. The van der Waals surface area contributed by atoms with Crippen molar-refractivity contribution in [1.29, 1.82) is 0 Å². The van der Waals surface area contributed by atoms with Crippen molar-refractivity contribution in [3.8, 4) is 16.5 Å². The van der Waals surface area contributed by atoms with Gasteiger partial charge in [-0.05, 0) is 30.7 Å². The SMILES string of the molecule is COc1cccc(Cc2sc(-c3[nH]nc4c(Cl)cccc34)nc2C)c1. The number of aromatic amines is 1. The van der Waals surface area contributed by atoms with Crippen LogP contribution in [0.2, 0.25) is 5.02 Å². The molecule has 0 amide bonds. The van der Waals surface area contributed by atoms with Gasteiger partial charge in [0.2, 0.25) is 0 Å². The van der Waals surface area contributed by atoms with E-state index in [2.05, 4.69) is 22.3 Å². The summed E-state index contributed by atoms with van der Waals surface area (Å²) in [4.78, 5) is 5.97. The van der Waals surface area contributed by atoms with Gasteiger partial charge in [0, 0.05) is 16.7 Å². The van der Waals surface area contributed by atoms with Crippen LogP contribution in [0.25, 0.3) is 21.6 Å². The van der Waals surface area contributed by atoms with Crippen LogP contribution in [0.4, 0.5) is 0 Å². The van der Waals surface area contributed by atoms with Crippen molar-refractivity contribution < 1.29 is 4.74 Å². The maximum Gasteiger partial charge on any atom is 0.142 e. The van der Waals surface area contributed by atoms with E-state index >= 15 is 0 Å². The van der Waals surface area contributed by atoms with Crippen LogP contribution in [0.3, 0.4) is 0 Å². The van der Waals surface area contributed by atoms with E-state index in [9.17, 15) is 0 Å². The minimum atomic E-state index is 0.643. The van der Waals surface area contributed by atoms with Crippen molar-refractivity contribution in [2.45, 2.75) is 13.3 Å². The molecule has 126 valence electrons. The largest absolute Gasteiger partial charge is 0.497 e.